The van der Waals surface area contributed by atoms with Crippen molar-refractivity contribution < 1.29 is 19.1 Å². The molecule has 5 heteroatoms. The number of methoxy groups -OCH3 is 1. The molecule has 1 unspecified atom stereocenters. The Morgan fingerprint density at radius 2 is 1.90 bits per heavy atom. The number of hydrogen-bond acceptors (Lipinski definition) is 4. The first-order valence-corrected chi connectivity index (χ1v) is 6.59. The predicted octanol–water partition coefficient (Wildman–Crippen LogP) is 1.83. The summed E-state index contributed by atoms with van der Waals surface area (Å²) in [7, 11) is 1.29. The second-order valence-corrected chi connectivity index (χ2v) is 4.58. The van der Waals surface area contributed by atoms with Crippen LogP contribution in [0.25, 0.3) is 0 Å². The Labute approximate surface area is 119 Å². The normalized spacial score (nSPS) is 11.6. The molecule has 0 spiro atoms. The lowest BCUT2D eigenvalue weighted by atomic mass is 10.2. The average Bonchev–Trinajstić information content (AvgIpc) is 2.44. The Balaban J connectivity index is 2.19. The minimum absolute atomic E-state index is 0.185. The van der Waals surface area contributed by atoms with Crippen molar-refractivity contribution in [1.29, 1.82) is 0 Å². The highest BCUT2D eigenvalue weighted by Crippen LogP contribution is 2.11. The van der Waals surface area contributed by atoms with Crippen LogP contribution in [0.2, 0.25) is 0 Å². The molecule has 1 amide bonds. The van der Waals surface area contributed by atoms with Crippen molar-refractivity contribution in [3.05, 3.63) is 29.8 Å². The maximum atomic E-state index is 11.6. The fourth-order valence-electron chi connectivity index (χ4n) is 1.61. The van der Waals surface area contributed by atoms with Crippen LogP contribution >= 0.6 is 0 Å². The zero-order chi connectivity index (χ0) is 15.0. The molecule has 0 aromatic heterocycles. The molecular formula is C15H21NO4. The maximum absolute atomic E-state index is 11.6. The summed E-state index contributed by atoms with van der Waals surface area (Å²) < 4.78 is 10.0. The first-order valence-electron chi connectivity index (χ1n) is 6.59. The number of nitrogens with one attached hydrogen (secondary N) is 1. The monoisotopic (exact) mass is 279 g/mol. The van der Waals surface area contributed by atoms with Gasteiger partial charge in [0.05, 0.1) is 13.7 Å². The van der Waals surface area contributed by atoms with Crippen molar-refractivity contribution in [2.24, 2.45) is 0 Å². The molecule has 0 radical (unpaired) electrons. The molecule has 1 aromatic rings. The van der Waals surface area contributed by atoms with Crippen molar-refractivity contribution in [2.45, 2.75) is 32.7 Å². The van der Waals surface area contributed by atoms with E-state index in [4.69, 9.17) is 4.74 Å². The number of carbonyl (C=O) groups is 2. The Bertz CT molecular complexity index is 442. The van der Waals surface area contributed by atoms with Gasteiger partial charge in [-0.15, -0.1) is 0 Å². The number of aryl methyl sites for hydroxylation is 1. The number of carbonyl (C=O) groups excluding carboxylic acids is 2. The zero-order valence-electron chi connectivity index (χ0n) is 12.1. The van der Waals surface area contributed by atoms with Gasteiger partial charge in [0.25, 0.3) is 0 Å². The molecule has 0 aliphatic rings. The Morgan fingerprint density at radius 1 is 1.25 bits per heavy atom. The van der Waals surface area contributed by atoms with Gasteiger partial charge in [-0.2, -0.15) is 0 Å². The topological polar surface area (TPSA) is 64.6 Å². The number of esters is 1. The van der Waals surface area contributed by atoms with E-state index in [2.05, 4.69) is 10.1 Å². The molecular weight excluding hydrogens is 258 g/mol. The Hall–Kier alpha value is -2.04. The van der Waals surface area contributed by atoms with Crippen molar-refractivity contribution >= 4 is 11.9 Å². The second-order valence-electron chi connectivity index (χ2n) is 4.58. The third kappa shape index (κ3) is 5.73. The van der Waals surface area contributed by atoms with Gasteiger partial charge >= 0.3 is 5.97 Å². The molecule has 1 N–H and O–H groups in total. The molecule has 1 aromatic carbocycles. The number of amides is 1. The van der Waals surface area contributed by atoms with E-state index in [-0.39, 0.29) is 5.91 Å². The number of benzene rings is 1. The number of ether oxygens (including phenoxy) is 2. The lowest BCUT2D eigenvalue weighted by Crippen LogP contribution is -2.39. The molecule has 0 saturated heterocycles. The summed E-state index contributed by atoms with van der Waals surface area (Å²) >= 11 is 0. The summed E-state index contributed by atoms with van der Waals surface area (Å²) in [5.41, 5.74) is 1.17. The van der Waals surface area contributed by atoms with Gasteiger partial charge in [-0.05, 0) is 32.4 Å². The summed E-state index contributed by atoms with van der Waals surface area (Å²) in [6.45, 7) is 4.06. The van der Waals surface area contributed by atoms with E-state index in [0.717, 1.165) is 5.75 Å². The Morgan fingerprint density at radius 3 is 2.50 bits per heavy atom. The fourth-order valence-corrected chi connectivity index (χ4v) is 1.61. The van der Waals surface area contributed by atoms with Crippen molar-refractivity contribution in [3.63, 3.8) is 0 Å². The summed E-state index contributed by atoms with van der Waals surface area (Å²) in [5, 5.41) is 2.57. The van der Waals surface area contributed by atoms with Crippen molar-refractivity contribution in [2.75, 3.05) is 13.7 Å². The van der Waals surface area contributed by atoms with Gasteiger partial charge in [-0.25, -0.2) is 4.79 Å². The van der Waals surface area contributed by atoms with E-state index in [0.29, 0.717) is 19.4 Å². The molecule has 1 atom stereocenters. The molecule has 0 fully saturated rings. The van der Waals surface area contributed by atoms with Crippen LogP contribution in [0.5, 0.6) is 5.75 Å². The van der Waals surface area contributed by atoms with E-state index in [1.807, 2.05) is 31.2 Å². The molecule has 0 saturated carbocycles. The highest BCUT2D eigenvalue weighted by molar-refractivity contribution is 5.83. The van der Waals surface area contributed by atoms with E-state index < -0.39 is 12.0 Å². The first-order chi connectivity index (χ1) is 9.52. The van der Waals surface area contributed by atoms with Crippen LogP contribution in [0, 0.1) is 6.92 Å². The van der Waals surface area contributed by atoms with Crippen molar-refractivity contribution in [1.82, 2.24) is 5.32 Å². The summed E-state index contributed by atoms with van der Waals surface area (Å²) in [6, 6.07) is 7.12. The van der Waals surface area contributed by atoms with Crippen molar-refractivity contribution in [3.8, 4) is 5.75 Å². The first kappa shape index (κ1) is 16.0. The number of rotatable bonds is 7. The van der Waals surface area contributed by atoms with E-state index >= 15 is 0 Å². The van der Waals surface area contributed by atoms with Gasteiger partial charge in [0.1, 0.15) is 11.8 Å². The summed E-state index contributed by atoms with van der Waals surface area (Å²) in [5.74, 6) is 0.156. The quantitative estimate of drug-likeness (QED) is 0.611. The van der Waals surface area contributed by atoms with Gasteiger partial charge in [0.15, 0.2) is 0 Å². The van der Waals surface area contributed by atoms with Gasteiger partial charge < -0.3 is 14.8 Å². The minimum atomic E-state index is -0.620. The van der Waals surface area contributed by atoms with Crippen LogP contribution in [0.15, 0.2) is 24.3 Å². The van der Waals surface area contributed by atoms with Gasteiger partial charge in [0.2, 0.25) is 5.91 Å². The smallest absolute Gasteiger partial charge is 0.328 e. The molecule has 0 bridgehead atoms. The van der Waals surface area contributed by atoms with E-state index in [1.54, 1.807) is 6.92 Å². The molecule has 1 rings (SSSR count). The predicted molar refractivity (Wildman–Crippen MR) is 75.5 cm³/mol. The van der Waals surface area contributed by atoms with Crippen LogP contribution in [0.3, 0.4) is 0 Å². The zero-order valence-corrected chi connectivity index (χ0v) is 12.1. The van der Waals surface area contributed by atoms with Gasteiger partial charge in [0, 0.05) is 6.42 Å². The Kier molecular flexibility index (Phi) is 6.56. The average molecular weight is 279 g/mol. The molecule has 0 aliphatic heterocycles. The highest BCUT2D eigenvalue weighted by atomic mass is 16.5. The maximum Gasteiger partial charge on any atom is 0.328 e. The second kappa shape index (κ2) is 8.19. The SMILES string of the molecule is COC(=O)C(C)NC(=O)CCCOc1ccc(C)cc1. The van der Waals surface area contributed by atoms with E-state index in [1.165, 1.54) is 12.7 Å². The molecule has 0 heterocycles. The van der Waals surface area contributed by atoms with Gasteiger partial charge in [-0.3, -0.25) is 4.79 Å². The van der Waals surface area contributed by atoms with Crippen LogP contribution < -0.4 is 10.1 Å². The molecule has 20 heavy (non-hydrogen) atoms. The van der Waals surface area contributed by atoms with Crippen LogP contribution in [-0.4, -0.2) is 31.6 Å². The lowest BCUT2D eigenvalue weighted by molar-refractivity contribution is -0.144. The highest BCUT2D eigenvalue weighted by Gasteiger charge is 2.15. The molecule has 0 aliphatic carbocycles. The fraction of sp³-hybridized carbons (Fsp3) is 0.467. The standard InChI is InChI=1S/C15H21NO4/c1-11-6-8-13(9-7-11)20-10-4-5-14(17)16-12(2)15(18)19-3/h6-9,12H,4-5,10H2,1-3H3,(H,16,17). The molecule has 5 nitrogen and oxygen atoms in total. The third-order valence-corrected chi connectivity index (χ3v) is 2.77. The van der Waals surface area contributed by atoms with Crippen LogP contribution in [-0.2, 0) is 14.3 Å². The van der Waals surface area contributed by atoms with Gasteiger partial charge in [-0.1, -0.05) is 17.7 Å². The molecule has 110 valence electrons. The third-order valence-electron chi connectivity index (χ3n) is 2.77. The van der Waals surface area contributed by atoms with E-state index in [9.17, 15) is 9.59 Å². The lowest BCUT2D eigenvalue weighted by Gasteiger charge is -2.11. The summed E-state index contributed by atoms with van der Waals surface area (Å²) in [4.78, 5) is 22.7. The number of hydrogen-bond donors (Lipinski definition) is 1. The van der Waals surface area contributed by atoms with Crippen LogP contribution in [0.4, 0.5) is 0 Å². The summed E-state index contributed by atoms with van der Waals surface area (Å²) in [6.07, 6.45) is 0.904. The minimum Gasteiger partial charge on any atom is -0.494 e. The van der Waals surface area contributed by atoms with Crippen LogP contribution in [0.1, 0.15) is 25.3 Å². The largest absolute Gasteiger partial charge is 0.494 e.